The number of rotatable bonds is 8. The second kappa shape index (κ2) is 13.2. The van der Waals surface area contributed by atoms with Crippen LogP contribution in [0.4, 0.5) is 10.5 Å². The molecule has 238 valence electrons. The van der Waals surface area contributed by atoms with Gasteiger partial charge in [0.15, 0.2) is 5.78 Å². The highest BCUT2D eigenvalue weighted by Crippen LogP contribution is 2.44. The molecule has 1 aromatic heterocycles. The number of fused-ring (bicyclic) bond motifs is 4. The van der Waals surface area contributed by atoms with E-state index >= 15 is 0 Å². The summed E-state index contributed by atoms with van der Waals surface area (Å²) >= 11 is 12.1. The maximum atomic E-state index is 13.4. The van der Waals surface area contributed by atoms with Crippen LogP contribution in [-0.2, 0) is 22.5 Å². The van der Waals surface area contributed by atoms with Crippen molar-refractivity contribution >= 4 is 51.7 Å². The quantitative estimate of drug-likeness (QED) is 0.178. The average molecular weight is 668 g/mol. The normalized spacial score (nSPS) is 14.3. The number of hydrogen-bond acceptors (Lipinski definition) is 6. The molecule has 8 nitrogen and oxygen atoms in total. The SMILES string of the molecule is O=C(CCc1ccc(Cl)c(Cl)c1)Cn1cnc2ccc(N3CCN(C(=O)OCC4c5ccccc5-c5ccccc54)CC3)cc2c1=O. The first-order valence-electron chi connectivity index (χ1n) is 15.7. The number of ketones is 1. The van der Waals surface area contributed by atoms with Gasteiger partial charge in [0.1, 0.15) is 6.61 Å². The van der Waals surface area contributed by atoms with E-state index < -0.39 is 0 Å². The number of nitrogens with zero attached hydrogens (tertiary/aromatic N) is 4. The molecule has 0 bridgehead atoms. The van der Waals surface area contributed by atoms with Crippen molar-refractivity contribution < 1.29 is 14.3 Å². The van der Waals surface area contributed by atoms with E-state index in [-0.39, 0.29) is 42.9 Å². The summed E-state index contributed by atoms with van der Waals surface area (Å²) in [5.74, 6) is -0.0689. The number of halogens is 2. The molecule has 1 amide bonds. The van der Waals surface area contributed by atoms with Crippen molar-refractivity contribution in [1.82, 2.24) is 14.5 Å². The third-order valence-electron chi connectivity index (χ3n) is 9.07. The van der Waals surface area contributed by atoms with Gasteiger partial charge in [0, 0.05) is 44.2 Å². The van der Waals surface area contributed by atoms with Gasteiger partial charge in [0.2, 0.25) is 0 Å². The minimum Gasteiger partial charge on any atom is -0.448 e. The standard InChI is InChI=1S/C37H32Cl2N4O4/c38-33-13-10-24(19-34(33)39)9-12-26(44)21-43-23-40-35-14-11-25(20-31(35)36(43)45)41-15-17-42(18-16-41)37(46)47-22-32-29-7-3-1-5-27(29)28-6-2-4-8-30(28)32/h1-8,10-11,13-14,19-20,23,32H,9,12,15-18,21-22H2. The van der Waals surface area contributed by atoms with Crippen molar-refractivity contribution in [2.45, 2.75) is 25.3 Å². The van der Waals surface area contributed by atoms with Crippen LogP contribution in [0, 0.1) is 0 Å². The average Bonchev–Trinajstić information content (AvgIpc) is 3.42. The van der Waals surface area contributed by atoms with Crippen molar-refractivity contribution in [3.63, 3.8) is 0 Å². The van der Waals surface area contributed by atoms with Gasteiger partial charge in [-0.15, -0.1) is 0 Å². The number of carbonyl (C=O) groups excluding carboxylic acids is 2. The number of ether oxygens (including phenoxy) is 1. The van der Waals surface area contributed by atoms with Crippen LogP contribution in [-0.4, -0.2) is 59.1 Å². The minimum absolute atomic E-state index is 0.0146. The number of anilines is 1. The van der Waals surface area contributed by atoms with Crippen LogP contribution in [0.3, 0.4) is 0 Å². The first kappa shape index (κ1) is 31.0. The molecule has 1 fully saturated rings. The summed E-state index contributed by atoms with van der Waals surface area (Å²) in [5, 5.41) is 1.36. The summed E-state index contributed by atoms with van der Waals surface area (Å²) in [6.45, 7) is 2.41. The highest BCUT2D eigenvalue weighted by atomic mass is 35.5. The van der Waals surface area contributed by atoms with Crippen molar-refractivity contribution in [3.8, 4) is 11.1 Å². The van der Waals surface area contributed by atoms with Crippen LogP contribution in [0.1, 0.15) is 29.0 Å². The number of Topliss-reactive ketones (excluding diaryl/α,β-unsaturated/α-hetero) is 1. The molecule has 1 aliphatic carbocycles. The van der Waals surface area contributed by atoms with Crippen LogP contribution in [0.5, 0.6) is 0 Å². The Balaban J connectivity index is 0.962. The maximum absolute atomic E-state index is 13.4. The monoisotopic (exact) mass is 666 g/mol. The van der Waals surface area contributed by atoms with Crippen molar-refractivity contribution in [2.24, 2.45) is 0 Å². The molecule has 1 aliphatic heterocycles. The fourth-order valence-corrected chi connectivity index (χ4v) is 6.86. The van der Waals surface area contributed by atoms with Gasteiger partial charge >= 0.3 is 6.09 Å². The van der Waals surface area contributed by atoms with E-state index in [0.29, 0.717) is 53.5 Å². The fraction of sp³-hybridized carbons (Fsp3) is 0.243. The van der Waals surface area contributed by atoms with Crippen molar-refractivity contribution in [3.05, 3.63) is 128 Å². The lowest BCUT2D eigenvalue weighted by Gasteiger charge is -2.35. The molecule has 0 spiro atoms. The fourth-order valence-electron chi connectivity index (χ4n) is 6.54. The lowest BCUT2D eigenvalue weighted by Crippen LogP contribution is -2.49. The molecule has 0 N–H and O–H groups in total. The van der Waals surface area contributed by atoms with Crippen LogP contribution in [0.2, 0.25) is 10.0 Å². The molecule has 47 heavy (non-hydrogen) atoms. The first-order valence-corrected chi connectivity index (χ1v) is 16.4. The Morgan fingerprint density at radius 2 is 1.53 bits per heavy atom. The Morgan fingerprint density at radius 1 is 0.830 bits per heavy atom. The summed E-state index contributed by atoms with van der Waals surface area (Å²) in [4.78, 5) is 47.6. The molecule has 0 radical (unpaired) electrons. The summed E-state index contributed by atoms with van der Waals surface area (Å²) in [5.41, 5.74) is 6.83. The summed E-state index contributed by atoms with van der Waals surface area (Å²) < 4.78 is 7.23. The topological polar surface area (TPSA) is 84.7 Å². The Labute approximate surface area is 282 Å². The van der Waals surface area contributed by atoms with Gasteiger partial charge in [-0.2, -0.15) is 0 Å². The van der Waals surface area contributed by atoms with Crippen molar-refractivity contribution in [1.29, 1.82) is 0 Å². The van der Waals surface area contributed by atoms with Crippen molar-refractivity contribution in [2.75, 3.05) is 37.7 Å². The second-order valence-electron chi connectivity index (χ2n) is 11.9. The van der Waals surface area contributed by atoms with Crippen LogP contribution >= 0.6 is 23.2 Å². The number of hydrogen-bond donors (Lipinski definition) is 0. The highest BCUT2D eigenvalue weighted by molar-refractivity contribution is 6.42. The van der Waals surface area contributed by atoms with E-state index in [1.54, 1.807) is 17.0 Å². The van der Waals surface area contributed by atoms with E-state index in [0.717, 1.165) is 11.3 Å². The largest absolute Gasteiger partial charge is 0.448 e. The third-order valence-corrected chi connectivity index (χ3v) is 9.81. The Morgan fingerprint density at radius 3 is 2.23 bits per heavy atom. The van der Waals surface area contributed by atoms with Crippen LogP contribution < -0.4 is 10.5 Å². The molecule has 1 saturated heterocycles. The molecule has 7 rings (SSSR count). The van der Waals surface area contributed by atoms with Gasteiger partial charge in [-0.05, 0) is 64.6 Å². The zero-order valence-corrected chi connectivity index (χ0v) is 27.1. The molecule has 2 heterocycles. The molecule has 0 saturated carbocycles. The van der Waals surface area contributed by atoms with E-state index in [1.807, 2.05) is 48.5 Å². The number of carbonyl (C=O) groups is 2. The summed E-state index contributed by atoms with van der Waals surface area (Å²) in [6, 6.07) is 27.5. The zero-order valence-electron chi connectivity index (χ0n) is 25.6. The van der Waals surface area contributed by atoms with Crippen LogP contribution in [0.15, 0.2) is 96.1 Å². The second-order valence-corrected chi connectivity index (χ2v) is 12.8. The number of aryl methyl sites for hydroxylation is 1. The summed E-state index contributed by atoms with van der Waals surface area (Å²) in [7, 11) is 0. The van der Waals surface area contributed by atoms with Gasteiger partial charge in [0.25, 0.3) is 5.56 Å². The Hall–Kier alpha value is -4.66. The number of piperazine rings is 1. The Kier molecular flexibility index (Phi) is 8.71. The summed E-state index contributed by atoms with van der Waals surface area (Å²) in [6.07, 6.45) is 1.86. The highest BCUT2D eigenvalue weighted by Gasteiger charge is 2.30. The zero-order chi connectivity index (χ0) is 32.5. The van der Waals surface area contributed by atoms with Gasteiger partial charge in [-0.3, -0.25) is 14.2 Å². The third kappa shape index (κ3) is 6.35. The van der Waals surface area contributed by atoms with E-state index in [1.165, 1.54) is 33.1 Å². The molecule has 2 aliphatic rings. The molecule has 0 atom stereocenters. The molecular weight excluding hydrogens is 635 g/mol. The molecular formula is C37H32Cl2N4O4. The lowest BCUT2D eigenvalue weighted by molar-refractivity contribution is -0.119. The van der Waals surface area contributed by atoms with E-state index in [2.05, 4.69) is 34.1 Å². The molecule has 5 aromatic rings. The van der Waals surface area contributed by atoms with Gasteiger partial charge in [-0.1, -0.05) is 77.8 Å². The first-order chi connectivity index (χ1) is 22.9. The number of aromatic nitrogens is 2. The predicted molar refractivity (Wildman–Crippen MR) is 185 cm³/mol. The van der Waals surface area contributed by atoms with E-state index in [9.17, 15) is 14.4 Å². The molecule has 0 unspecified atom stereocenters. The smallest absolute Gasteiger partial charge is 0.409 e. The number of amides is 1. The van der Waals surface area contributed by atoms with Crippen LogP contribution in [0.25, 0.3) is 22.0 Å². The maximum Gasteiger partial charge on any atom is 0.409 e. The Bertz CT molecular complexity index is 2010. The van der Waals surface area contributed by atoms with Gasteiger partial charge < -0.3 is 14.5 Å². The minimum atomic E-state index is -0.319. The predicted octanol–water partition coefficient (Wildman–Crippen LogP) is 6.98. The lowest BCUT2D eigenvalue weighted by atomic mass is 9.98. The number of benzene rings is 4. The molecule has 4 aromatic carbocycles. The van der Waals surface area contributed by atoms with Gasteiger partial charge in [-0.25, -0.2) is 9.78 Å². The van der Waals surface area contributed by atoms with Gasteiger partial charge in [0.05, 0.1) is 33.8 Å². The molecule has 10 heteroatoms. The van der Waals surface area contributed by atoms with E-state index in [4.69, 9.17) is 27.9 Å².